The number of hydrogen-bond acceptors (Lipinski definition) is 4. The van der Waals surface area contributed by atoms with Crippen LogP contribution >= 0.6 is 0 Å². The van der Waals surface area contributed by atoms with E-state index >= 15 is 0 Å². The van der Waals surface area contributed by atoms with Gasteiger partial charge in [0.05, 0.1) is 17.9 Å². The molecule has 0 radical (unpaired) electrons. The largest absolute Gasteiger partial charge is 0.438 e. The zero-order valence-electron chi connectivity index (χ0n) is 11.4. The molecule has 0 aliphatic carbocycles. The van der Waals surface area contributed by atoms with Crippen LogP contribution in [0.2, 0.25) is 0 Å². The van der Waals surface area contributed by atoms with Crippen LogP contribution in [0.5, 0.6) is 0 Å². The van der Waals surface area contributed by atoms with Gasteiger partial charge in [-0.2, -0.15) is 0 Å². The quantitative estimate of drug-likeness (QED) is 0.822. The number of aromatic nitrogens is 1. The normalized spacial score (nSPS) is 16.8. The van der Waals surface area contributed by atoms with Gasteiger partial charge in [-0.05, 0) is 27.2 Å². The summed E-state index contributed by atoms with van der Waals surface area (Å²) >= 11 is 0. The predicted molar refractivity (Wildman–Crippen MR) is 66.4 cm³/mol. The van der Waals surface area contributed by atoms with Crippen molar-refractivity contribution in [1.82, 2.24) is 9.88 Å². The fourth-order valence-corrected chi connectivity index (χ4v) is 1.80. The molecule has 0 N–H and O–H groups in total. The maximum Gasteiger partial charge on any atom is 0.309 e. The highest BCUT2D eigenvalue weighted by molar-refractivity contribution is 5.90. The van der Waals surface area contributed by atoms with Crippen molar-refractivity contribution in [2.75, 3.05) is 13.1 Å². The molecule has 0 atom stereocenters. The van der Waals surface area contributed by atoms with E-state index in [0.717, 1.165) is 6.42 Å². The first kappa shape index (κ1) is 13.1. The van der Waals surface area contributed by atoms with Gasteiger partial charge in [0.15, 0.2) is 0 Å². The molecule has 2 heterocycles. The molecular weight excluding hydrogens is 232 g/mol. The lowest BCUT2D eigenvalue weighted by atomic mass is 10.0. The Kier molecular flexibility index (Phi) is 3.43. The number of carbonyl (C=O) groups is 1. The number of carbonyl (C=O) groups excluding carboxylic acids is 1. The Balaban J connectivity index is 1.84. The summed E-state index contributed by atoms with van der Waals surface area (Å²) in [5.74, 6) is 0.664. The summed E-state index contributed by atoms with van der Waals surface area (Å²) in [7, 11) is 0. The van der Waals surface area contributed by atoms with E-state index in [9.17, 15) is 4.79 Å². The summed E-state index contributed by atoms with van der Waals surface area (Å²) in [6.07, 6.45) is 2.64. The minimum atomic E-state index is -0.155. The molecule has 1 fully saturated rings. The van der Waals surface area contributed by atoms with Crippen molar-refractivity contribution in [2.45, 2.75) is 45.8 Å². The Labute approximate surface area is 107 Å². The van der Waals surface area contributed by atoms with E-state index in [1.807, 2.05) is 0 Å². The van der Waals surface area contributed by atoms with Gasteiger partial charge in [-0.15, -0.1) is 0 Å². The molecule has 5 nitrogen and oxygen atoms in total. The van der Waals surface area contributed by atoms with Gasteiger partial charge in [0.1, 0.15) is 5.76 Å². The third-order valence-electron chi connectivity index (χ3n) is 3.28. The molecule has 100 valence electrons. The van der Waals surface area contributed by atoms with E-state index in [4.69, 9.17) is 9.15 Å². The van der Waals surface area contributed by atoms with Gasteiger partial charge in [0.2, 0.25) is 0 Å². The van der Waals surface area contributed by atoms with E-state index in [2.05, 4.69) is 25.8 Å². The van der Waals surface area contributed by atoms with Crippen LogP contribution < -0.4 is 0 Å². The Hall–Kier alpha value is -1.36. The summed E-state index contributed by atoms with van der Waals surface area (Å²) in [5.41, 5.74) is -0.126. The highest BCUT2D eigenvalue weighted by atomic mass is 16.5. The topological polar surface area (TPSA) is 55.6 Å². The van der Waals surface area contributed by atoms with Crippen LogP contribution in [-0.2, 0) is 4.74 Å². The van der Waals surface area contributed by atoms with Gasteiger partial charge in [-0.3, -0.25) is 4.79 Å². The van der Waals surface area contributed by atoms with Crippen molar-refractivity contribution in [3.8, 4) is 0 Å². The summed E-state index contributed by atoms with van der Waals surface area (Å²) < 4.78 is 11.1. The smallest absolute Gasteiger partial charge is 0.309 e. The van der Waals surface area contributed by atoms with Crippen LogP contribution in [-0.4, -0.2) is 40.6 Å². The monoisotopic (exact) mass is 252 g/mol. The number of rotatable bonds is 4. The first-order valence-corrected chi connectivity index (χ1v) is 6.31. The standard InChI is InChI=1S/C13H20N2O3/c1-5-13(3,4)18-10-7-15(8-10)12(16)11-14-6-9(2)17-11/h6,10H,5,7-8H2,1-4H3. The number of hydrogen-bond donors (Lipinski definition) is 0. The summed E-state index contributed by atoms with van der Waals surface area (Å²) in [6, 6.07) is 0. The van der Waals surface area contributed by atoms with E-state index in [1.54, 1.807) is 18.0 Å². The van der Waals surface area contributed by atoms with Crippen molar-refractivity contribution in [2.24, 2.45) is 0 Å². The zero-order valence-corrected chi connectivity index (χ0v) is 11.4. The molecule has 0 aromatic carbocycles. The van der Waals surface area contributed by atoms with Crippen LogP contribution in [0.1, 0.15) is 43.6 Å². The number of oxazole rings is 1. The lowest BCUT2D eigenvalue weighted by Crippen LogP contribution is -2.56. The second kappa shape index (κ2) is 4.72. The third-order valence-corrected chi connectivity index (χ3v) is 3.28. The summed E-state index contributed by atoms with van der Waals surface area (Å²) in [6.45, 7) is 9.23. The molecule has 18 heavy (non-hydrogen) atoms. The van der Waals surface area contributed by atoms with Gasteiger partial charge >= 0.3 is 5.91 Å². The molecule has 1 saturated heterocycles. The van der Waals surface area contributed by atoms with E-state index in [-0.39, 0.29) is 23.5 Å². The molecule has 0 saturated carbocycles. The predicted octanol–water partition coefficient (Wildman–Crippen LogP) is 2.01. The summed E-state index contributed by atoms with van der Waals surface area (Å²) in [5, 5.41) is 0. The van der Waals surface area contributed by atoms with Crippen LogP contribution in [0.3, 0.4) is 0 Å². The molecule has 0 unspecified atom stereocenters. The molecule has 0 bridgehead atoms. The van der Waals surface area contributed by atoms with Crippen LogP contribution in [0.25, 0.3) is 0 Å². The molecular formula is C13H20N2O3. The maximum absolute atomic E-state index is 11.9. The van der Waals surface area contributed by atoms with Crippen LogP contribution in [0, 0.1) is 6.92 Å². The average Bonchev–Trinajstić information content (AvgIpc) is 2.69. The SMILES string of the molecule is CCC(C)(C)OC1CN(C(=O)c2ncc(C)o2)C1. The minimum Gasteiger partial charge on any atom is -0.438 e. The van der Waals surface area contributed by atoms with Crippen molar-refractivity contribution in [3.05, 3.63) is 17.8 Å². The molecule has 5 heteroatoms. The Bertz CT molecular complexity index is 433. The van der Waals surface area contributed by atoms with E-state index < -0.39 is 0 Å². The van der Waals surface area contributed by atoms with Crippen LogP contribution in [0.4, 0.5) is 0 Å². The van der Waals surface area contributed by atoms with Gasteiger partial charge < -0.3 is 14.1 Å². The number of aryl methyl sites for hydroxylation is 1. The third kappa shape index (κ3) is 2.72. The minimum absolute atomic E-state index is 0.125. The molecule has 1 amide bonds. The Morgan fingerprint density at radius 1 is 1.61 bits per heavy atom. The lowest BCUT2D eigenvalue weighted by molar-refractivity contribution is -0.123. The lowest BCUT2D eigenvalue weighted by Gasteiger charge is -2.42. The van der Waals surface area contributed by atoms with E-state index in [1.165, 1.54) is 0 Å². The van der Waals surface area contributed by atoms with Crippen molar-refractivity contribution >= 4 is 5.91 Å². The second-order valence-electron chi connectivity index (χ2n) is 5.34. The number of amides is 1. The highest BCUT2D eigenvalue weighted by Gasteiger charge is 2.36. The molecule has 1 aliphatic heterocycles. The van der Waals surface area contributed by atoms with Crippen LogP contribution in [0.15, 0.2) is 10.6 Å². The second-order valence-corrected chi connectivity index (χ2v) is 5.34. The van der Waals surface area contributed by atoms with Gasteiger partial charge in [0.25, 0.3) is 5.89 Å². The van der Waals surface area contributed by atoms with Crippen molar-refractivity contribution in [1.29, 1.82) is 0 Å². The molecule has 1 aromatic heterocycles. The first-order valence-electron chi connectivity index (χ1n) is 6.31. The highest BCUT2D eigenvalue weighted by Crippen LogP contribution is 2.23. The van der Waals surface area contributed by atoms with Gasteiger partial charge in [-0.1, -0.05) is 6.92 Å². The van der Waals surface area contributed by atoms with Gasteiger partial charge in [0, 0.05) is 13.1 Å². The maximum atomic E-state index is 11.9. The van der Waals surface area contributed by atoms with Crippen molar-refractivity contribution < 1.29 is 13.9 Å². The molecule has 1 aliphatic rings. The van der Waals surface area contributed by atoms with Gasteiger partial charge in [-0.25, -0.2) is 4.98 Å². The summed E-state index contributed by atoms with van der Waals surface area (Å²) in [4.78, 5) is 17.6. The molecule has 2 rings (SSSR count). The number of ether oxygens (including phenoxy) is 1. The molecule has 0 spiro atoms. The van der Waals surface area contributed by atoms with E-state index in [0.29, 0.717) is 18.8 Å². The first-order chi connectivity index (χ1) is 8.41. The number of nitrogens with zero attached hydrogens (tertiary/aromatic N) is 2. The zero-order chi connectivity index (χ0) is 13.3. The molecule has 1 aromatic rings. The average molecular weight is 252 g/mol. The Morgan fingerprint density at radius 3 is 2.78 bits per heavy atom. The fraction of sp³-hybridized carbons (Fsp3) is 0.692. The fourth-order valence-electron chi connectivity index (χ4n) is 1.80. The van der Waals surface area contributed by atoms with Crippen molar-refractivity contribution in [3.63, 3.8) is 0 Å². The Morgan fingerprint density at radius 2 is 2.28 bits per heavy atom. The number of likely N-dealkylation sites (tertiary alicyclic amines) is 1.